The Bertz CT molecular complexity index is 230. The lowest BCUT2D eigenvalue weighted by molar-refractivity contribution is 0.0269. The van der Waals surface area contributed by atoms with Crippen LogP contribution in [0.25, 0.3) is 0 Å². The molecule has 4 atom stereocenters. The van der Waals surface area contributed by atoms with Gasteiger partial charge in [-0.3, -0.25) is 4.90 Å². The van der Waals surface area contributed by atoms with Crippen molar-refractivity contribution in [2.75, 3.05) is 13.1 Å². The van der Waals surface area contributed by atoms with Gasteiger partial charge in [-0.2, -0.15) is 0 Å². The van der Waals surface area contributed by atoms with E-state index in [1.54, 1.807) is 0 Å². The molecule has 1 aliphatic carbocycles. The monoisotopic (exact) mass is 167 g/mol. The van der Waals surface area contributed by atoms with E-state index in [2.05, 4.69) is 11.8 Å². The van der Waals surface area contributed by atoms with Gasteiger partial charge in [-0.25, -0.2) is 0 Å². The molecule has 2 heteroatoms. The number of aliphatic hydroxyl groups is 1. The van der Waals surface area contributed by atoms with Gasteiger partial charge in [0.25, 0.3) is 0 Å². The molecule has 0 amide bonds. The van der Waals surface area contributed by atoms with Gasteiger partial charge in [0.2, 0.25) is 0 Å². The molecular formula is C10H17NO. The maximum atomic E-state index is 10.2. The molecule has 12 heavy (non-hydrogen) atoms. The lowest BCUT2D eigenvalue weighted by Crippen LogP contribution is -2.28. The van der Waals surface area contributed by atoms with Crippen LogP contribution in [0.3, 0.4) is 0 Å². The lowest BCUT2D eigenvalue weighted by Gasteiger charge is -2.24. The minimum Gasteiger partial charge on any atom is -0.390 e. The van der Waals surface area contributed by atoms with Crippen molar-refractivity contribution in [1.29, 1.82) is 0 Å². The van der Waals surface area contributed by atoms with Crippen LogP contribution in [-0.4, -0.2) is 34.2 Å². The van der Waals surface area contributed by atoms with Gasteiger partial charge in [-0.15, -0.1) is 0 Å². The summed E-state index contributed by atoms with van der Waals surface area (Å²) in [7, 11) is 0. The highest BCUT2D eigenvalue weighted by molar-refractivity contribution is 5.18. The fourth-order valence-corrected chi connectivity index (χ4v) is 3.50. The van der Waals surface area contributed by atoms with E-state index in [4.69, 9.17) is 0 Å². The molecule has 1 saturated carbocycles. The highest BCUT2D eigenvalue weighted by Crippen LogP contribution is 2.55. The van der Waals surface area contributed by atoms with Crippen LogP contribution in [0.15, 0.2) is 0 Å². The third-order valence-electron chi connectivity index (χ3n) is 4.03. The second-order valence-corrected chi connectivity index (χ2v) is 5.32. The summed E-state index contributed by atoms with van der Waals surface area (Å²) < 4.78 is 0. The molecule has 1 spiro atoms. The first-order valence-corrected chi connectivity index (χ1v) is 5.09. The first-order chi connectivity index (χ1) is 5.62. The van der Waals surface area contributed by atoms with E-state index in [0.717, 1.165) is 19.3 Å². The van der Waals surface area contributed by atoms with Crippen molar-refractivity contribution in [2.45, 2.75) is 43.7 Å². The average Bonchev–Trinajstić information content (AvgIpc) is 2.45. The Morgan fingerprint density at radius 2 is 2.25 bits per heavy atom. The minimum absolute atomic E-state index is 0.287. The van der Waals surface area contributed by atoms with Crippen molar-refractivity contribution in [3.05, 3.63) is 0 Å². The second-order valence-electron chi connectivity index (χ2n) is 5.32. The lowest BCUT2D eigenvalue weighted by atomic mass is 9.90. The molecule has 3 unspecified atom stereocenters. The van der Waals surface area contributed by atoms with Gasteiger partial charge in [-0.05, 0) is 31.6 Å². The van der Waals surface area contributed by atoms with Crippen LogP contribution in [0.2, 0.25) is 0 Å². The molecule has 2 heterocycles. The van der Waals surface area contributed by atoms with Crippen LogP contribution in [0.1, 0.15) is 32.6 Å². The summed E-state index contributed by atoms with van der Waals surface area (Å²) in [5.74, 6) is 0.694. The third-order valence-corrected chi connectivity index (χ3v) is 4.03. The predicted molar refractivity (Wildman–Crippen MR) is 46.9 cm³/mol. The molecule has 3 fully saturated rings. The van der Waals surface area contributed by atoms with Crippen molar-refractivity contribution in [3.63, 3.8) is 0 Å². The van der Waals surface area contributed by atoms with Crippen LogP contribution in [-0.2, 0) is 0 Å². The smallest absolute Gasteiger partial charge is 0.0669 e. The summed E-state index contributed by atoms with van der Waals surface area (Å²) in [6, 6.07) is 0. The number of nitrogens with zero attached hydrogens (tertiary/aromatic N) is 1. The Morgan fingerprint density at radius 3 is 3.08 bits per heavy atom. The number of hydrogen-bond donors (Lipinski definition) is 1. The summed E-state index contributed by atoms with van der Waals surface area (Å²) in [5, 5.41) is 10.2. The van der Waals surface area contributed by atoms with Gasteiger partial charge in [0, 0.05) is 18.6 Å². The van der Waals surface area contributed by atoms with Crippen molar-refractivity contribution < 1.29 is 5.11 Å². The van der Waals surface area contributed by atoms with E-state index in [9.17, 15) is 5.11 Å². The average molecular weight is 167 g/mol. The van der Waals surface area contributed by atoms with Gasteiger partial charge < -0.3 is 5.11 Å². The molecule has 0 radical (unpaired) electrons. The molecule has 0 aromatic carbocycles. The van der Waals surface area contributed by atoms with E-state index in [1.807, 2.05) is 0 Å². The van der Waals surface area contributed by atoms with Gasteiger partial charge in [-0.1, -0.05) is 6.92 Å². The number of fused-ring (bicyclic) bond motifs is 1. The summed E-state index contributed by atoms with van der Waals surface area (Å²) in [4.78, 5) is 2.57. The van der Waals surface area contributed by atoms with Crippen LogP contribution in [0, 0.1) is 5.92 Å². The molecule has 68 valence electrons. The van der Waals surface area contributed by atoms with E-state index in [-0.39, 0.29) is 5.60 Å². The number of hydrogen-bond acceptors (Lipinski definition) is 2. The zero-order valence-electron chi connectivity index (χ0n) is 7.71. The Hall–Kier alpha value is -0.0800. The normalized spacial score (nSPS) is 62.5. The zero-order valence-corrected chi connectivity index (χ0v) is 7.71. The second kappa shape index (κ2) is 1.88. The Morgan fingerprint density at radius 1 is 1.42 bits per heavy atom. The molecule has 0 aromatic heterocycles. The summed E-state index contributed by atoms with van der Waals surface area (Å²) in [5.41, 5.74) is 0.185. The Kier molecular flexibility index (Phi) is 1.15. The first-order valence-electron chi connectivity index (χ1n) is 5.09. The number of rotatable bonds is 0. The van der Waals surface area contributed by atoms with Gasteiger partial charge >= 0.3 is 0 Å². The Labute approximate surface area is 73.6 Å². The molecule has 0 aromatic rings. The minimum atomic E-state index is -0.287. The van der Waals surface area contributed by atoms with Crippen molar-refractivity contribution in [3.8, 4) is 0 Å². The maximum Gasteiger partial charge on any atom is 0.0669 e. The SMILES string of the molecule is CC1CN2C[C@]23CCC(O)(C1)C3. The van der Waals surface area contributed by atoms with E-state index in [1.165, 1.54) is 19.5 Å². The van der Waals surface area contributed by atoms with Crippen molar-refractivity contribution in [1.82, 2.24) is 4.90 Å². The van der Waals surface area contributed by atoms with Crippen LogP contribution in [0.5, 0.6) is 0 Å². The molecular weight excluding hydrogens is 150 g/mol. The van der Waals surface area contributed by atoms with Crippen LogP contribution < -0.4 is 0 Å². The van der Waals surface area contributed by atoms with Crippen molar-refractivity contribution >= 4 is 0 Å². The molecule has 3 aliphatic rings. The highest BCUT2D eigenvalue weighted by Gasteiger charge is 2.62. The van der Waals surface area contributed by atoms with Crippen molar-refractivity contribution in [2.24, 2.45) is 5.92 Å². The van der Waals surface area contributed by atoms with E-state index < -0.39 is 0 Å². The quantitative estimate of drug-likeness (QED) is 0.544. The molecule has 2 aliphatic heterocycles. The fraction of sp³-hybridized carbons (Fsp3) is 1.00. The zero-order chi connectivity index (χ0) is 8.40. The maximum absolute atomic E-state index is 10.2. The van der Waals surface area contributed by atoms with E-state index in [0.29, 0.717) is 11.5 Å². The predicted octanol–water partition coefficient (Wildman–Crippen LogP) is 0.996. The largest absolute Gasteiger partial charge is 0.390 e. The van der Waals surface area contributed by atoms with Crippen LogP contribution >= 0.6 is 0 Å². The summed E-state index contributed by atoms with van der Waals surface area (Å²) in [6.07, 6.45) is 4.39. The fourth-order valence-electron chi connectivity index (χ4n) is 3.50. The first kappa shape index (κ1) is 7.34. The molecule has 2 nitrogen and oxygen atoms in total. The standard InChI is InChI=1S/C10H17NO/c1-8-4-10(12)3-2-9(6-10)7-11(9)5-8/h8,12H,2-7H2,1H3/t8?,9-,10?,11?/m1/s1. The molecule has 2 bridgehead atoms. The molecule has 1 N–H and O–H groups in total. The molecule has 3 rings (SSSR count). The highest BCUT2D eigenvalue weighted by atomic mass is 16.3. The van der Waals surface area contributed by atoms with Gasteiger partial charge in [0.1, 0.15) is 0 Å². The molecule has 2 saturated heterocycles. The third kappa shape index (κ3) is 0.826. The summed E-state index contributed by atoms with van der Waals surface area (Å²) in [6.45, 7) is 4.76. The Balaban J connectivity index is 1.92. The van der Waals surface area contributed by atoms with Gasteiger partial charge in [0.05, 0.1) is 5.60 Å². The van der Waals surface area contributed by atoms with Crippen LogP contribution in [0.4, 0.5) is 0 Å². The summed E-state index contributed by atoms with van der Waals surface area (Å²) >= 11 is 0. The van der Waals surface area contributed by atoms with E-state index >= 15 is 0 Å². The van der Waals surface area contributed by atoms with Gasteiger partial charge in [0.15, 0.2) is 0 Å². The topological polar surface area (TPSA) is 23.2 Å².